The summed E-state index contributed by atoms with van der Waals surface area (Å²) < 4.78 is 43.5. The number of aliphatic hydroxyl groups is 1. The number of rotatable bonds is 3. The molecule has 0 aliphatic carbocycles. The molecule has 0 radical (unpaired) electrons. The van der Waals surface area contributed by atoms with Crippen LogP contribution in [0.25, 0.3) is 0 Å². The maximum atomic E-state index is 12.6. The Balaban J connectivity index is 2.26. The van der Waals surface area contributed by atoms with E-state index in [2.05, 4.69) is 20.9 Å². The lowest BCUT2D eigenvalue weighted by atomic mass is 10.2. The molecule has 20 heavy (non-hydrogen) atoms. The molecule has 2 aromatic rings. The normalized spacial score (nSPS) is 11.4. The van der Waals surface area contributed by atoms with Crippen molar-refractivity contribution in [2.75, 3.05) is 0 Å². The van der Waals surface area contributed by atoms with Crippen LogP contribution in [0, 0.1) is 0 Å². The Hall–Kier alpha value is -1.60. The Morgan fingerprint density at radius 1 is 1.25 bits per heavy atom. The molecule has 2 rings (SSSR count). The van der Waals surface area contributed by atoms with E-state index in [9.17, 15) is 13.2 Å². The largest absolute Gasteiger partial charge is 0.438 e. The molecule has 0 saturated heterocycles. The van der Waals surface area contributed by atoms with E-state index in [1.165, 1.54) is 18.3 Å². The van der Waals surface area contributed by atoms with Gasteiger partial charge in [-0.15, -0.1) is 0 Å². The molecule has 0 saturated carbocycles. The van der Waals surface area contributed by atoms with Crippen LogP contribution in [0.3, 0.4) is 0 Å². The molecule has 0 fully saturated rings. The molecule has 0 bridgehead atoms. The van der Waals surface area contributed by atoms with Crippen LogP contribution in [0.2, 0.25) is 0 Å². The zero-order chi connectivity index (χ0) is 14.8. The predicted octanol–water partition coefficient (Wildman–Crippen LogP) is 4.15. The van der Waals surface area contributed by atoms with Crippen molar-refractivity contribution in [3.63, 3.8) is 0 Å². The minimum absolute atomic E-state index is 0.0322. The minimum Gasteiger partial charge on any atom is -0.438 e. The number of aromatic nitrogens is 1. The van der Waals surface area contributed by atoms with Crippen molar-refractivity contribution >= 4 is 15.9 Å². The third kappa shape index (κ3) is 3.49. The van der Waals surface area contributed by atoms with Gasteiger partial charge in [-0.3, -0.25) is 0 Å². The van der Waals surface area contributed by atoms with Gasteiger partial charge in [0, 0.05) is 6.20 Å². The van der Waals surface area contributed by atoms with Crippen molar-refractivity contribution in [2.24, 2.45) is 0 Å². The lowest BCUT2D eigenvalue weighted by Crippen LogP contribution is -2.04. The highest BCUT2D eigenvalue weighted by Crippen LogP contribution is 2.33. The predicted molar refractivity (Wildman–Crippen MR) is 69.4 cm³/mol. The summed E-state index contributed by atoms with van der Waals surface area (Å²) in [6.45, 7) is -0.185. The van der Waals surface area contributed by atoms with E-state index in [1.54, 1.807) is 6.07 Å². The molecule has 0 atom stereocenters. The zero-order valence-corrected chi connectivity index (χ0v) is 11.6. The van der Waals surface area contributed by atoms with Gasteiger partial charge in [0.2, 0.25) is 5.88 Å². The van der Waals surface area contributed by atoms with E-state index in [0.717, 1.165) is 12.1 Å². The number of nitrogens with zero attached hydrogens (tertiary/aromatic N) is 1. The summed E-state index contributed by atoms with van der Waals surface area (Å²) in [5.41, 5.74) is -0.230. The van der Waals surface area contributed by atoms with E-state index in [1.807, 2.05) is 0 Å². The number of pyridine rings is 1. The molecule has 106 valence electrons. The Morgan fingerprint density at radius 2 is 2.00 bits per heavy atom. The highest BCUT2D eigenvalue weighted by Gasteiger charge is 2.30. The van der Waals surface area contributed by atoms with Crippen LogP contribution in [0.1, 0.15) is 11.1 Å². The van der Waals surface area contributed by atoms with Crippen LogP contribution >= 0.6 is 15.9 Å². The van der Waals surface area contributed by atoms with Gasteiger partial charge in [0.1, 0.15) is 5.75 Å². The lowest BCUT2D eigenvalue weighted by Gasteiger charge is -2.10. The number of alkyl halides is 3. The van der Waals surface area contributed by atoms with Crippen molar-refractivity contribution in [3.05, 3.63) is 52.1 Å². The monoisotopic (exact) mass is 347 g/mol. The molecule has 3 nitrogen and oxygen atoms in total. The van der Waals surface area contributed by atoms with Crippen LogP contribution in [0.5, 0.6) is 11.6 Å². The Labute approximate surface area is 121 Å². The van der Waals surface area contributed by atoms with Gasteiger partial charge >= 0.3 is 6.18 Å². The number of halogens is 4. The molecule has 7 heteroatoms. The summed E-state index contributed by atoms with van der Waals surface area (Å²) >= 11 is 3.18. The van der Waals surface area contributed by atoms with Crippen molar-refractivity contribution in [2.45, 2.75) is 12.8 Å². The van der Waals surface area contributed by atoms with Gasteiger partial charge in [-0.2, -0.15) is 13.2 Å². The second-order valence-corrected chi connectivity index (χ2v) is 4.77. The molecule has 0 aliphatic rings. The fraction of sp³-hybridized carbons (Fsp3) is 0.154. The van der Waals surface area contributed by atoms with E-state index < -0.39 is 11.7 Å². The second kappa shape index (κ2) is 5.80. The highest BCUT2D eigenvalue weighted by atomic mass is 79.9. The molecule has 1 heterocycles. The fourth-order valence-electron chi connectivity index (χ4n) is 1.47. The van der Waals surface area contributed by atoms with Crippen molar-refractivity contribution < 1.29 is 23.0 Å². The zero-order valence-electron chi connectivity index (χ0n) is 9.99. The fourth-order valence-corrected chi connectivity index (χ4v) is 1.95. The topological polar surface area (TPSA) is 42.4 Å². The number of benzene rings is 1. The van der Waals surface area contributed by atoms with Gasteiger partial charge in [0.25, 0.3) is 0 Å². The summed E-state index contributed by atoms with van der Waals surface area (Å²) in [6, 6.07) is 6.10. The standard InChI is InChI=1S/C13H9BrF3NO2/c14-11-4-8(7-19)6-18-12(11)20-10-3-1-2-9(5-10)13(15,16)17/h1-6,19H,7H2. The van der Waals surface area contributed by atoms with Crippen LogP contribution in [-0.2, 0) is 12.8 Å². The van der Waals surface area contributed by atoms with Crippen LogP contribution in [0.4, 0.5) is 13.2 Å². The Bertz CT molecular complexity index is 617. The van der Waals surface area contributed by atoms with E-state index in [-0.39, 0.29) is 18.2 Å². The average Bonchev–Trinajstić information content (AvgIpc) is 2.40. The molecule has 1 aromatic heterocycles. The van der Waals surface area contributed by atoms with Gasteiger partial charge in [0.15, 0.2) is 0 Å². The molecule has 0 aliphatic heterocycles. The van der Waals surface area contributed by atoms with Crippen LogP contribution in [-0.4, -0.2) is 10.1 Å². The molecule has 1 aromatic carbocycles. The van der Waals surface area contributed by atoms with Crippen LogP contribution in [0.15, 0.2) is 41.0 Å². The van der Waals surface area contributed by atoms with Gasteiger partial charge in [-0.25, -0.2) is 4.98 Å². The number of aliphatic hydroxyl groups excluding tert-OH is 1. The summed E-state index contributed by atoms with van der Waals surface area (Å²) in [5.74, 6) is 0.159. The summed E-state index contributed by atoms with van der Waals surface area (Å²) in [5, 5.41) is 8.94. The van der Waals surface area contributed by atoms with Crippen molar-refractivity contribution in [3.8, 4) is 11.6 Å². The summed E-state index contributed by atoms with van der Waals surface area (Å²) in [7, 11) is 0. The first-order valence-electron chi connectivity index (χ1n) is 5.50. The summed E-state index contributed by atoms with van der Waals surface area (Å²) in [4.78, 5) is 3.93. The van der Waals surface area contributed by atoms with Gasteiger partial charge in [0.05, 0.1) is 16.6 Å². The van der Waals surface area contributed by atoms with Gasteiger partial charge in [-0.1, -0.05) is 6.07 Å². The minimum atomic E-state index is -4.43. The Morgan fingerprint density at radius 3 is 2.60 bits per heavy atom. The third-order valence-electron chi connectivity index (χ3n) is 2.42. The second-order valence-electron chi connectivity index (χ2n) is 3.92. The average molecular weight is 348 g/mol. The van der Waals surface area contributed by atoms with Crippen molar-refractivity contribution in [1.82, 2.24) is 4.98 Å². The highest BCUT2D eigenvalue weighted by molar-refractivity contribution is 9.10. The lowest BCUT2D eigenvalue weighted by molar-refractivity contribution is -0.137. The third-order valence-corrected chi connectivity index (χ3v) is 2.99. The maximum Gasteiger partial charge on any atom is 0.416 e. The SMILES string of the molecule is OCc1cnc(Oc2cccc(C(F)(F)F)c2)c(Br)c1. The van der Waals surface area contributed by atoms with E-state index in [4.69, 9.17) is 9.84 Å². The molecule has 0 spiro atoms. The number of hydrogen-bond donors (Lipinski definition) is 1. The first kappa shape index (κ1) is 14.8. The molecule has 0 unspecified atom stereocenters. The summed E-state index contributed by atoms with van der Waals surface area (Å²) in [6.07, 6.45) is -3.04. The molecule has 1 N–H and O–H groups in total. The molecule has 0 amide bonds. The Kier molecular flexibility index (Phi) is 4.29. The quantitative estimate of drug-likeness (QED) is 0.906. The number of hydrogen-bond acceptors (Lipinski definition) is 3. The molecular weight excluding hydrogens is 339 g/mol. The maximum absolute atomic E-state index is 12.6. The van der Waals surface area contributed by atoms with Crippen molar-refractivity contribution in [1.29, 1.82) is 0 Å². The first-order valence-corrected chi connectivity index (χ1v) is 6.30. The van der Waals surface area contributed by atoms with Gasteiger partial charge < -0.3 is 9.84 Å². The van der Waals surface area contributed by atoms with E-state index >= 15 is 0 Å². The molecular formula is C13H9BrF3NO2. The van der Waals surface area contributed by atoms with Gasteiger partial charge in [-0.05, 0) is 45.8 Å². The number of ether oxygens (including phenoxy) is 1. The van der Waals surface area contributed by atoms with Crippen LogP contribution < -0.4 is 4.74 Å². The smallest absolute Gasteiger partial charge is 0.416 e. The first-order chi connectivity index (χ1) is 9.40. The van der Waals surface area contributed by atoms with E-state index in [0.29, 0.717) is 10.0 Å².